The summed E-state index contributed by atoms with van der Waals surface area (Å²) in [5, 5.41) is 5.01. The number of hydrogen-bond donors (Lipinski definition) is 1. The normalized spacial score (nSPS) is 19.4. The first-order chi connectivity index (χ1) is 9.28. The van der Waals surface area contributed by atoms with E-state index in [4.69, 9.17) is 5.14 Å². The summed E-state index contributed by atoms with van der Waals surface area (Å²) in [7, 11) is -3.61. The fraction of sp³-hybridized carbons (Fsp3) is 0.385. The third-order valence-electron chi connectivity index (χ3n) is 3.25. The molecule has 0 aliphatic carbocycles. The van der Waals surface area contributed by atoms with Crippen LogP contribution in [-0.4, -0.2) is 32.4 Å². The van der Waals surface area contributed by atoms with Crippen LogP contribution in [0.15, 0.2) is 24.3 Å². The Kier molecular flexibility index (Phi) is 3.92. The molecule has 108 valence electrons. The Hall–Kier alpha value is -1.73. The quantitative estimate of drug-likeness (QED) is 0.819. The molecule has 0 saturated carbocycles. The lowest BCUT2D eigenvalue weighted by atomic mass is 10.1. The number of hydrogen-bond acceptors (Lipinski definition) is 4. The molecule has 1 aromatic carbocycles. The fourth-order valence-corrected chi connectivity index (χ4v) is 3.34. The van der Waals surface area contributed by atoms with E-state index in [-0.39, 0.29) is 36.3 Å². The molecule has 1 heterocycles. The Morgan fingerprint density at radius 2 is 2.05 bits per heavy atom. The number of nitrogens with zero attached hydrogens (tertiary/aromatic N) is 1. The van der Waals surface area contributed by atoms with E-state index in [0.717, 1.165) is 0 Å². The standard InChI is InChI=1S/C13H16N2O4S/c1-9(16)11-4-2-3-5-12(11)15-7-10(6-13(15)17)8-20(14,18)19/h2-5,10H,6-8H2,1H3,(H2,14,18,19). The van der Waals surface area contributed by atoms with Gasteiger partial charge >= 0.3 is 0 Å². The number of carbonyl (C=O) groups excluding carboxylic acids is 2. The van der Waals surface area contributed by atoms with Crippen molar-refractivity contribution in [3.63, 3.8) is 0 Å². The van der Waals surface area contributed by atoms with E-state index in [1.807, 2.05) is 0 Å². The van der Waals surface area contributed by atoms with Crippen molar-refractivity contribution in [3.8, 4) is 0 Å². The topological polar surface area (TPSA) is 97.5 Å². The van der Waals surface area contributed by atoms with Crippen molar-refractivity contribution < 1.29 is 18.0 Å². The second kappa shape index (κ2) is 5.34. The third-order valence-corrected chi connectivity index (χ3v) is 4.18. The summed E-state index contributed by atoms with van der Waals surface area (Å²) in [4.78, 5) is 25.1. The number of anilines is 1. The van der Waals surface area contributed by atoms with Gasteiger partial charge in [0, 0.05) is 24.4 Å². The van der Waals surface area contributed by atoms with Gasteiger partial charge in [0.2, 0.25) is 15.9 Å². The first-order valence-electron chi connectivity index (χ1n) is 6.19. The predicted molar refractivity (Wildman–Crippen MR) is 74.9 cm³/mol. The zero-order valence-corrected chi connectivity index (χ0v) is 11.9. The first kappa shape index (κ1) is 14.7. The van der Waals surface area contributed by atoms with Crippen LogP contribution < -0.4 is 10.0 Å². The maximum absolute atomic E-state index is 12.0. The molecule has 20 heavy (non-hydrogen) atoms. The minimum atomic E-state index is -3.61. The van der Waals surface area contributed by atoms with Gasteiger partial charge in [-0.05, 0) is 19.1 Å². The maximum atomic E-state index is 12.0. The minimum absolute atomic E-state index is 0.128. The van der Waals surface area contributed by atoms with Crippen LogP contribution in [0.2, 0.25) is 0 Å². The molecule has 0 aromatic heterocycles. The number of sulfonamides is 1. The number of primary sulfonamides is 1. The molecule has 1 unspecified atom stereocenters. The molecule has 2 rings (SSSR count). The highest BCUT2D eigenvalue weighted by Crippen LogP contribution is 2.28. The number of para-hydroxylation sites is 1. The van der Waals surface area contributed by atoms with Crippen LogP contribution in [0.1, 0.15) is 23.7 Å². The van der Waals surface area contributed by atoms with E-state index >= 15 is 0 Å². The van der Waals surface area contributed by atoms with Gasteiger partial charge in [0.15, 0.2) is 5.78 Å². The minimum Gasteiger partial charge on any atom is -0.311 e. The molecular weight excluding hydrogens is 280 g/mol. The van der Waals surface area contributed by atoms with Gasteiger partial charge < -0.3 is 4.90 Å². The molecule has 0 radical (unpaired) electrons. The number of rotatable bonds is 4. The van der Waals surface area contributed by atoms with Crippen LogP contribution in [0.4, 0.5) is 5.69 Å². The summed E-state index contributed by atoms with van der Waals surface area (Å²) in [6, 6.07) is 6.80. The molecule has 2 N–H and O–H groups in total. The van der Waals surface area contributed by atoms with Crippen molar-refractivity contribution in [1.82, 2.24) is 0 Å². The maximum Gasteiger partial charge on any atom is 0.227 e. The molecule has 1 saturated heterocycles. The van der Waals surface area contributed by atoms with Crippen molar-refractivity contribution >= 4 is 27.4 Å². The van der Waals surface area contributed by atoms with E-state index in [9.17, 15) is 18.0 Å². The van der Waals surface area contributed by atoms with Gasteiger partial charge in [-0.1, -0.05) is 12.1 Å². The zero-order valence-electron chi connectivity index (χ0n) is 11.1. The SMILES string of the molecule is CC(=O)c1ccccc1N1CC(CS(N)(=O)=O)CC1=O. The molecule has 1 aliphatic rings. The summed E-state index contributed by atoms with van der Waals surface area (Å²) in [5.41, 5.74) is 0.985. The van der Waals surface area contributed by atoms with Crippen molar-refractivity contribution in [3.05, 3.63) is 29.8 Å². The lowest BCUT2D eigenvalue weighted by Crippen LogP contribution is -2.28. The summed E-state index contributed by atoms with van der Waals surface area (Å²) in [6.45, 7) is 1.70. The Morgan fingerprint density at radius 3 is 2.65 bits per heavy atom. The van der Waals surface area contributed by atoms with Gasteiger partial charge in [-0.2, -0.15) is 0 Å². The molecule has 7 heteroatoms. The van der Waals surface area contributed by atoms with E-state index in [0.29, 0.717) is 11.3 Å². The first-order valence-corrected chi connectivity index (χ1v) is 7.90. The lowest BCUT2D eigenvalue weighted by Gasteiger charge is -2.19. The fourth-order valence-electron chi connectivity index (χ4n) is 2.46. The average molecular weight is 296 g/mol. The second-order valence-electron chi connectivity index (χ2n) is 4.98. The summed E-state index contributed by atoms with van der Waals surface area (Å²) in [6.07, 6.45) is 0.128. The highest BCUT2D eigenvalue weighted by atomic mass is 32.2. The van der Waals surface area contributed by atoms with Crippen molar-refractivity contribution in [2.75, 3.05) is 17.2 Å². The lowest BCUT2D eigenvalue weighted by molar-refractivity contribution is -0.117. The Bertz CT molecular complexity index is 654. The van der Waals surface area contributed by atoms with Gasteiger partial charge in [-0.25, -0.2) is 13.6 Å². The Morgan fingerprint density at radius 1 is 1.40 bits per heavy atom. The number of benzene rings is 1. The summed E-state index contributed by atoms with van der Waals surface area (Å²) < 4.78 is 22.2. The predicted octanol–water partition coefficient (Wildman–Crippen LogP) is 0.531. The van der Waals surface area contributed by atoms with Crippen LogP contribution in [0.5, 0.6) is 0 Å². The number of Topliss-reactive ketones (excluding diaryl/α,β-unsaturated/α-hetero) is 1. The van der Waals surface area contributed by atoms with Crippen LogP contribution in [0.3, 0.4) is 0 Å². The molecule has 6 nitrogen and oxygen atoms in total. The zero-order chi connectivity index (χ0) is 14.9. The highest BCUT2D eigenvalue weighted by Gasteiger charge is 2.34. The number of nitrogens with two attached hydrogens (primary N) is 1. The van der Waals surface area contributed by atoms with Gasteiger partial charge in [-0.15, -0.1) is 0 Å². The molecule has 1 fully saturated rings. The van der Waals surface area contributed by atoms with Gasteiger partial charge in [0.25, 0.3) is 0 Å². The smallest absolute Gasteiger partial charge is 0.227 e. The molecule has 1 aromatic rings. The van der Waals surface area contributed by atoms with Crippen LogP contribution in [0, 0.1) is 5.92 Å². The van der Waals surface area contributed by atoms with Gasteiger partial charge in [0.1, 0.15) is 0 Å². The van der Waals surface area contributed by atoms with Gasteiger partial charge in [0.05, 0.1) is 11.4 Å². The van der Waals surface area contributed by atoms with Crippen molar-refractivity contribution in [2.24, 2.45) is 11.1 Å². The summed E-state index contributed by atoms with van der Waals surface area (Å²) >= 11 is 0. The van der Waals surface area contributed by atoms with E-state index in [1.54, 1.807) is 24.3 Å². The van der Waals surface area contributed by atoms with E-state index < -0.39 is 10.0 Å². The third kappa shape index (κ3) is 3.23. The highest BCUT2D eigenvalue weighted by molar-refractivity contribution is 7.89. The van der Waals surface area contributed by atoms with E-state index in [2.05, 4.69) is 0 Å². The number of carbonyl (C=O) groups is 2. The average Bonchev–Trinajstić information content (AvgIpc) is 2.67. The van der Waals surface area contributed by atoms with E-state index in [1.165, 1.54) is 11.8 Å². The monoisotopic (exact) mass is 296 g/mol. The van der Waals surface area contributed by atoms with Crippen LogP contribution in [0.25, 0.3) is 0 Å². The second-order valence-corrected chi connectivity index (χ2v) is 6.64. The van der Waals surface area contributed by atoms with Crippen LogP contribution >= 0.6 is 0 Å². The number of ketones is 1. The Labute approximate surface area is 117 Å². The Balaban J connectivity index is 2.27. The summed E-state index contributed by atoms with van der Waals surface area (Å²) in [5.74, 6) is -0.884. The van der Waals surface area contributed by atoms with Crippen LogP contribution in [-0.2, 0) is 14.8 Å². The molecule has 0 spiro atoms. The van der Waals surface area contributed by atoms with Crippen molar-refractivity contribution in [1.29, 1.82) is 0 Å². The molecular formula is C13H16N2O4S. The molecule has 1 amide bonds. The molecule has 1 atom stereocenters. The molecule has 0 bridgehead atoms. The van der Waals surface area contributed by atoms with Gasteiger partial charge in [-0.3, -0.25) is 9.59 Å². The largest absolute Gasteiger partial charge is 0.311 e. The van der Waals surface area contributed by atoms with Crippen molar-refractivity contribution in [2.45, 2.75) is 13.3 Å². The molecule has 1 aliphatic heterocycles. The number of amides is 1.